The molecule has 1 aromatic heterocycles. The Bertz CT molecular complexity index is 1120. The number of rotatable bonds is 11. The van der Waals surface area contributed by atoms with Gasteiger partial charge in [-0.1, -0.05) is 24.3 Å². The number of carbonyl (C=O) groups excluding carboxylic acids is 1. The molecule has 12 heteroatoms. The molecule has 2 atom stereocenters. The van der Waals surface area contributed by atoms with Gasteiger partial charge in [0.1, 0.15) is 23.7 Å². The van der Waals surface area contributed by atoms with Crippen molar-refractivity contribution in [1.29, 1.82) is 0 Å². The summed E-state index contributed by atoms with van der Waals surface area (Å²) >= 11 is 0. The van der Waals surface area contributed by atoms with Crippen LogP contribution in [-0.4, -0.2) is 49.1 Å². The number of hydrogen-bond donors (Lipinski definition) is 5. The Morgan fingerprint density at radius 2 is 1.94 bits per heavy atom. The number of nitrogen functional groups attached to an aromatic ring is 1. The largest absolute Gasteiger partial charge is 0.480 e. The SMILES string of the molecule is Nc1cccc(CCCC2C=C(C(=O)NC[C@H](NS(=O)(=O)c3ccccc3)C(=O)O)NO2)n1. The predicted octanol–water partition coefficient (Wildman–Crippen LogP) is 0.322. The number of nitrogens with zero attached hydrogens (tertiary/aromatic N) is 1. The van der Waals surface area contributed by atoms with E-state index in [1.54, 1.807) is 18.2 Å². The Kier molecular flexibility index (Phi) is 7.98. The van der Waals surface area contributed by atoms with Crippen molar-refractivity contribution in [3.05, 3.63) is 66.0 Å². The molecule has 1 aliphatic rings. The second-order valence-corrected chi connectivity index (χ2v) is 9.03. The second kappa shape index (κ2) is 10.9. The molecule has 1 aliphatic heterocycles. The number of carboxylic acids is 1. The molecule has 0 spiro atoms. The van der Waals surface area contributed by atoms with Crippen molar-refractivity contribution in [2.75, 3.05) is 12.3 Å². The van der Waals surface area contributed by atoms with E-state index in [-0.39, 0.29) is 16.7 Å². The van der Waals surface area contributed by atoms with E-state index in [0.29, 0.717) is 18.7 Å². The summed E-state index contributed by atoms with van der Waals surface area (Å²) < 4.78 is 26.8. The summed E-state index contributed by atoms with van der Waals surface area (Å²) in [5.41, 5.74) is 9.16. The fraction of sp³-hybridized carbons (Fsp3) is 0.286. The van der Waals surface area contributed by atoms with Crippen molar-refractivity contribution in [2.45, 2.75) is 36.3 Å². The van der Waals surface area contributed by atoms with Gasteiger partial charge in [0.25, 0.3) is 5.91 Å². The number of aliphatic carboxylic acids is 1. The first-order valence-electron chi connectivity index (χ1n) is 10.2. The smallest absolute Gasteiger partial charge is 0.323 e. The van der Waals surface area contributed by atoms with Crippen LogP contribution in [0.25, 0.3) is 0 Å². The molecular formula is C21H25N5O6S. The van der Waals surface area contributed by atoms with E-state index in [2.05, 4.69) is 20.5 Å². The van der Waals surface area contributed by atoms with Gasteiger partial charge in [0.15, 0.2) is 0 Å². The molecule has 6 N–H and O–H groups in total. The van der Waals surface area contributed by atoms with Gasteiger partial charge in [-0.3, -0.25) is 19.9 Å². The number of benzene rings is 1. The van der Waals surface area contributed by atoms with Crippen LogP contribution in [0.15, 0.2) is 65.2 Å². The van der Waals surface area contributed by atoms with E-state index in [1.807, 2.05) is 12.1 Å². The van der Waals surface area contributed by atoms with Crippen LogP contribution in [0.5, 0.6) is 0 Å². The van der Waals surface area contributed by atoms with Gasteiger partial charge >= 0.3 is 5.97 Å². The molecule has 2 aromatic rings. The van der Waals surface area contributed by atoms with Crippen LogP contribution in [-0.2, 0) is 30.9 Å². The molecule has 0 bridgehead atoms. The standard InChI is InChI=1S/C21H25N5O6S/c22-19-11-5-7-14(24-19)6-4-8-15-12-17(25-32-15)20(27)23-13-18(21(28)29)26-33(30,31)16-9-2-1-3-10-16/h1-3,5,7,9-12,15,18,25-26H,4,6,8,13H2,(H2,22,24)(H,23,27)(H,28,29)/t15?,18-/m0/s1. The van der Waals surface area contributed by atoms with Crippen molar-refractivity contribution in [1.82, 2.24) is 20.5 Å². The van der Waals surface area contributed by atoms with Gasteiger partial charge in [-0.15, -0.1) is 0 Å². The molecule has 0 saturated heterocycles. The number of hydroxylamine groups is 1. The monoisotopic (exact) mass is 475 g/mol. The summed E-state index contributed by atoms with van der Waals surface area (Å²) in [7, 11) is -4.07. The van der Waals surface area contributed by atoms with Gasteiger partial charge in [0, 0.05) is 12.2 Å². The van der Waals surface area contributed by atoms with E-state index in [9.17, 15) is 23.1 Å². The lowest BCUT2D eigenvalue weighted by molar-refractivity contribution is -0.138. The van der Waals surface area contributed by atoms with Crippen molar-refractivity contribution in [3.8, 4) is 0 Å². The number of amides is 1. The van der Waals surface area contributed by atoms with E-state index in [0.717, 1.165) is 12.1 Å². The lowest BCUT2D eigenvalue weighted by Gasteiger charge is -2.15. The highest BCUT2D eigenvalue weighted by molar-refractivity contribution is 7.89. The maximum Gasteiger partial charge on any atom is 0.323 e. The van der Waals surface area contributed by atoms with Crippen molar-refractivity contribution in [3.63, 3.8) is 0 Å². The molecular weight excluding hydrogens is 450 g/mol. The van der Waals surface area contributed by atoms with Crippen LogP contribution >= 0.6 is 0 Å². The Hall–Kier alpha value is -3.48. The molecule has 0 aliphatic carbocycles. The lowest BCUT2D eigenvalue weighted by Crippen LogP contribution is -2.48. The summed E-state index contributed by atoms with van der Waals surface area (Å²) in [5, 5.41) is 11.8. The summed E-state index contributed by atoms with van der Waals surface area (Å²) in [6.07, 6.45) is 3.30. The molecule has 1 aromatic carbocycles. The third-order valence-corrected chi connectivity index (χ3v) is 6.27. The second-order valence-electron chi connectivity index (χ2n) is 7.32. The van der Waals surface area contributed by atoms with Gasteiger partial charge in [-0.2, -0.15) is 4.72 Å². The number of anilines is 1. The van der Waals surface area contributed by atoms with Crippen molar-refractivity contribution < 1.29 is 28.0 Å². The highest BCUT2D eigenvalue weighted by Crippen LogP contribution is 2.15. The van der Waals surface area contributed by atoms with Crippen LogP contribution < -0.4 is 21.3 Å². The first-order valence-corrected chi connectivity index (χ1v) is 11.7. The maximum atomic E-state index is 12.4. The summed E-state index contributed by atoms with van der Waals surface area (Å²) in [4.78, 5) is 33.4. The Morgan fingerprint density at radius 3 is 2.64 bits per heavy atom. The maximum absolute atomic E-state index is 12.4. The number of nitrogens with two attached hydrogens (primary N) is 1. The van der Waals surface area contributed by atoms with Crippen molar-refractivity contribution >= 4 is 27.7 Å². The molecule has 1 unspecified atom stereocenters. The summed E-state index contributed by atoms with van der Waals surface area (Å²) in [6, 6.07) is 11.2. The zero-order valence-corrected chi connectivity index (χ0v) is 18.4. The van der Waals surface area contributed by atoms with Crippen LogP contribution in [0.2, 0.25) is 0 Å². The number of aromatic nitrogens is 1. The number of nitrogens with one attached hydrogen (secondary N) is 3. The minimum atomic E-state index is -4.07. The van der Waals surface area contributed by atoms with E-state index >= 15 is 0 Å². The van der Waals surface area contributed by atoms with Gasteiger partial charge in [0.05, 0.1) is 4.90 Å². The number of sulfonamides is 1. The van der Waals surface area contributed by atoms with E-state index in [4.69, 9.17) is 10.6 Å². The highest BCUT2D eigenvalue weighted by atomic mass is 32.2. The van der Waals surface area contributed by atoms with E-state index in [1.165, 1.54) is 24.3 Å². The minimum Gasteiger partial charge on any atom is -0.480 e. The fourth-order valence-corrected chi connectivity index (χ4v) is 4.31. The normalized spacial score (nSPS) is 16.5. The minimum absolute atomic E-state index is 0.0765. The molecule has 2 heterocycles. The van der Waals surface area contributed by atoms with Gasteiger partial charge < -0.3 is 16.2 Å². The van der Waals surface area contributed by atoms with Crippen molar-refractivity contribution in [2.24, 2.45) is 0 Å². The highest BCUT2D eigenvalue weighted by Gasteiger charge is 2.27. The average Bonchev–Trinajstić information content (AvgIpc) is 3.26. The number of carboxylic acid groups (broad SMARTS) is 1. The quantitative estimate of drug-likeness (QED) is 0.307. The third-order valence-electron chi connectivity index (χ3n) is 4.78. The van der Waals surface area contributed by atoms with Crippen LogP contribution in [0.3, 0.4) is 0 Å². The first kappa shape index (κ1) is 24.2. The number of carbonyl (C=O) groups is 2. The molecule has 0 radical (unpaired) electrons. The molecule has 0 fully saturated rings. The van der Waals surface area contributed by atoms with Gasteiger partial charge in [-0.25, -0.2) is 13.4 Å². The van der Waals surface area contributed by atoms with Crippen LogP contribution in [0, 0.1) is 0 Å². The Morgan fingerprint density at radius 1 is 1.18 bits per heavy atom. The summed E-state index contributed by atoms with van der Waals surface area (Å²) in [6.45, 7) is -0.453. The average molecular weight is 476 g/mol. The van der Waals surface area contributed by atoms with E-state index < -0.39 is 34.5 Å². The zero-order chi connectivity index (χ0) is 23.8. The molecule has 0 saturated carbocycles. The Labute approximate surface area is 191 Å². The zero-order valence-electron chi connectivity index (χ0n) is 17.6. The molecule has 176 valence electrons. The van der Waals surface area contributed by atoms with Crippen LogP contribution in [0.1, 0.15) is 18.5 Å². The predicted molar refractivity (Wildman–Crippen MR) is 119 cm³/mol. The first-order chi connectivity index (χ1) is 15.7. The molecule has 1 amide bonds. The summed E-state index contributed by atoms with van der Waals surface area (Å²) in [5.74, 6) is -1.58. The number of pyridine rings is 1. The third kappa shape index (κ3) is 7.00. The van der Waals surface area contributed by atoms with Gasteiger partial charge in [-0.05, 0) is 49.6 Å². The lowest BCUT2D eigenvalue weighted by atomic mass is 10.1. The molecule has 11 nitrogen and oxygen atoms in total. The molecule has 33 heavy (non-hydrogen) atoms. The number of aryl methyl sites for hydroxylation is 1. The number of hydrogen-bond acceptors (Lipinski definition) is 8. The fourth-order valence-electron chi connectivity index (χ4n) is 3.10. The van der Waals surface area contributed by atoms with Crippen LogP contribution in [0.4, 0.5) is 5.82 Å². The van der Waals surface area contributed by atoms with Gasteiger partial charge in [0.2, 0.25) is 10.0 Å². The topological polar surface area (TPSA) is 173 Å². The molecule has 3 rings (SSSR count). The Balaban J connectivity index is 1.49.